The fourth-order valence-corrected chi connectivity index (χ4v) is 1.86. The van der Waals surface area contributed by atoms with Crippen molar-refractivity contribution in [2.24, 2.45) is 0 Å². The van der Waals surface area contributed by atoms with Crippen molar-refractivity contribution in [2.75, 3.05) is 18.5 Å². The van der Waals surface area contributed by atoms with Crippen molar-refractivity contribution in [3.05, 3.63) is 36.0 Å². The van der Waals surface area contributed by atoms with E-state index in [4.69, 9.17) is 5.11 Å². The van der Waals surface area contributed by atoms with Gasteiger partial charge >= 0.3 is 5.97 Å². The Hall–Kier alpha value is -2.10. The first kappa shape index (κ1) is 11.4. The highest BCUT2D eigenvalue weighted by atomic mass is 16.4. The van der Waals surface area contributed by atoms with Gasteiger partial charge in [0.15, 0.2) is 0 Å². The molecule has 88 valence electrons. The lowest BCUT2D eigenvalue weighted by Gasteiger charge is -2.17. The Kier molecular flexibility index (Phi) is 2.95. The molecule has 4 nitrogen and oxygen atoms in total. The van der Waals surface area contributed by atoms with Crippen LogP contribution in [0.5, 0.6) is 0 Å². The lowest BCUT2D eigenvalue weighted by Crippen LogP contribution is -2.26. The first-order valence-electron chi connectivity index (χ1n) is 5.36. The highest BCUT2D eigenvalue weighted by molar-refractivity contribution is 5.93. The molecule has 0 aliphatic heterocycles. The number of aryl methyl sites for hydroxylation is 1. The standard InChI is InChI=1S/C13H14N2O2/c1-9-3-4-11-10(7-9)5-6-14-13(11)15(2)8-12(16)17/h3-7H,8H2,1-2H3,(H,16,17). The third kappa shape index (κ3) is 2.36. The smallest absolute Gasteiger partial charge is 0.323 e. The highest BCUT2D eigenvalue weighted by Gasteiger charge is 2.10. The van der Waals surface area contributed by atoms with E-state index >= 15 is 0 Å². The number of anilines is 1. The molecule has 2 rings (SSSR count). The molecule has 4 heteroatoms. The van der Waals surface area contributed by atoms with E-state index in [0.29, 0.717) is 5.82 Å². The summed E-state index contributed by atoms with van der Waals surface area (Å²) in [6.07, 6.45) is 1.70. The van der Waals surface area contributed by atoms with Crippen LogP contribution in [0.15, 0.2) is 30.5 Å². The zero-order valence-corrected chi connectivity index (χ0v) is 9.84. The zero-order chi connectivity index (χ0) is 12.4. The Balaban J connectivity index is 2.50. The summed E-state index contributed by atoms with van der Waals surface area (Å²) in [5.41, 5.74) is 1.18. The summed E-state index contributed by atoms with van der Waals surface area (Å²) in [6.45, 7) is 1.97. The molecule has 0 saturated carbocycles. The molecule has 1 aromatic heterocycles. The minimum absolute atomic E-state index is 0.0556. The van der Waals surface area contributed by atoms with E-state index in [1.54, 1.807) is 18.1 Å². The second-order valence-electron chi connectivity index (χ2n) is 4.11. The summed E-state index contributed by atoms with van der Waals surface area (Å²) >= 11 is 0. The van der Waals surface area contributed by atoms with Gasteiger partial charge in [0.2, 0.25) is 0 Å². The average molecular weight is 230 g/mol. The number of aromatic nitrogens is 1. The van der Waals surface area contributed by atoms with Crippen molar-refractivity contribution >= 4 is 22.6 Å². The molecular formula is C13H14N2O2. The number of fused-ring (bicyclic) bond motifs is 1. The van der Waals surface area contributed by atoms with Crippen LogP contribution in [0.1, 0.15) is 5.56 Å². The van der Waals surface area contributed by atoms with Crippen molar-refractivity contribution in [1.29, 1.82) is 0 Å². The van der Waals surface area contributed by atoms with Gasteiger partial charge in [0.05, 0.1) is 0 Å². The molecule has 0 bridgehead atoms. The minimum Gasteiger partial charge on any atom is -0.480 e. The maximum Gasteiger partial charge on any atom is 0.323 e. The molecule has 1 aromatic carbocycles. The summed E-state index contributed by atoms with van der Waals surface area (Å²) in [6, 6.07) is 7.98. The number of carboxylic acid groups (broad SMARTS) is 1. The number of pyridine rings is 1. The van der Waals surface area contributed by atoms with E-state index in [0.717, 1.165) is 10.8 Å². The van der Waals surface area contributed by atoms with Crippen molar-refractivity contribution in [1.82, 2.24) is 4.98 Å². The zero-order valence-electron chi connectivity index (χ0n) is 9.84. The molecule has 0 amide bonds. The summed E-state index contributed by atoms with van der Waals surface area (Å²) in [4.78, 5) is 16.6. The van der Waals surface area contributed by atoms with Crippen LogP contribution in [0.25, 0.3) is 10.8 Å². The molecule has 0 fully saturated rings. The first-order valence-corrected chi connectivity index (χ1v) is 5.36. The van der Waals surface area contributed by atoms with Crippen LogP contribution in [-0.4, -0.2) is 29.7 Å². The summed E-state index contributed by atoms with van der Waals surface area (Å²) in [7, 11) is 1.73. The fraction of sp³-hybridized carbons (Fsp3) is 0.231. The molecule has 0 aliphatic carbocycles. The quantitative estimate of drug-likeness (QED) is 0.877. The molecule has 0 atom stereocenters. The Morgan fingerprint density at radius 3 is 2.88 bits per heavy atom. The number of likely N-dealkylation sites (N-methyl/N-ethyl adjacent to an activating group) is 1. The number of rotatable bonds is 3. The molecule has 0 radical (unpaired) electrons. The number of nitrogens with zero attached hydrogens (tertiary/aromatic N) is 2. The van der Waals surface area contributed by atoms with Gasteiger partial charge in [-0.05, 0) is 18.4 Å². The fourth-order valence-electron chi connectivity index (χ4n) is 1.86. The molecule has 0 saturated heterocycles. The van der Waals surface area contributed by atoms with Gasteiger partial charge in [0, 0.05) is 18.6 Å². The summed E-state index contributed by atoms with van der Waals surface area (Å²) in [5.74, 6) is -0.164. The highest BCUT2D eigenvalue weighted by Crippen LogP contribution is 2.24. The monoisotopic (exact) mass is 230 g/mol. The van der Waals surface area contributed by atoms with E-state index in [2.05, 4.69) is 11.1 Å². The van der Waals surface area contributed by atoms with Gasteiger partial charge in [0.25, 0.3) is 0 Å². The van der Waals surface area contributed by atoms with E-state index < -0.39 is 5.97 Å². The predicted molar refractivity (Wildman–Crippen MR) is 67.4 cm³/mol. The molecular weight excluding hydrogens is 216 g/mol. The topological polar surface area (TPSA) is 53.4 Å². The van der Waals surface area contributed by atoms with Crippen molar-refractivity contribution in [2.45, 2.75) is 6.92 Å². The van der Waals surface area contributed by atoms with Gasteiger partial charge in [-0.3, -0.25) is 4.79 Å². The summed E-state index contributed by atoms with van der Waals surface area (Å²) < 4.78 is 0. The molecule has 0 unspecified atom stereocenters. The van der Waals surface area contributed by atoms with Gasteiger partial charge in [-0.25, -0.2) is 4.98 Å². The second kappa shape index (κ2) is 4.41. The Bertz CT molecular complexity index is 566. The molecule has 2 aromatic rings. The van der Waals surface area contributed by atoms with Crippen LogP contribution in [0, 0.1) is 6.92 Å². The number of aliphatic carboxylic acids is 1. The molecule has 1 N–H and O–H groups in total. The van der Waals surface area contributed by atoms with E-state index in [1.165, 1.54) is 5.56 Å². The van der Waals surface area contributed by atoms with Crippen LogP contribution in [-0.2, 0) is 4.79 Å². The number of benzene rings is 1. The Labute approximate surface area is 99.5 Å². The lowest BCUT2D eigenvalue weighted by molar-refractivity contribution is -0.135. The van der Waals surface area contributed by atoms with Gasteiger partial charge in [0.1, 0.15) is 12.4 Å². The number of carbonyl (C=O) groups is 1. The molecule has 1 heterocycles. The van der Waals surface area contributed by atoms with Crippen LogP contribution in [0.2, 0.25) is 0 Å². The maximum absolute atomic E-state index is 10.7. The van der Waals surface area contributed by atoms with Gasteiger partial charge in [-0.1, -0.05) is 23.8 Å². The largest absolute Gasteiger partial charge is 0.480 e. The van der Waals surface area contributed by atoms with Gasteiger partial charge < -0.3 is 10.0 Å². The first-order chi connectivity index (χ1) is 8.08. The Morgan fingerprint density at radius 1 is 1.41 bits per heavy atom. The third-order valence-electron chi connectivity index (χ3n) is 2.63. The lowest BCUT2D eigenvalue weighted by atomic mass is 10.1. The predicted octanol–water partition coefficient (Wildman–Crippen LogP) is 2.06. The second-order valence-corrected chi connectivity index (χ2v) is 4.11. The van der Waals surface area contributed by atoms with Gasteiger partial charge in [-0.15, -0.1) is 0 Å². The van der Waals surface area contributed by atoms with Crippen LogP contribution < -0.4 is 4.90 Å². The van der Waals surface area contributed by atoms with E-state index in [9.17, 15) is 4.79 Å². The minimum atomic E-state index is -0.863. The summed E-state index contributed by atoms with van der Waals surface area (Å²) in [5, 5.41) is 10.8. The van der Waals surface area contributed by atoms with Crippen LogP contribution in [0.4, 0.5) is 5.82 Å². The number of carboxylic acids is 1. The maximum atomic E-state index is 10.7. The molecule has 0 spiro atoms. The number of hydrogen-bond acceptors (Lipinski definition) is 3. The molecule has 0 aliphatic rings. The van der Waals surface area contributed by atoms with E-state index in [1.807, 2.05) is 25.1 Å². The molecule has 17 heavy (non-hydrogen) atoms. The van der Waals surface area contributed by atoms with Gasteiger partial charge in [-0.2, -0.15) is 0 Å². The normalized spacial score (nSPS) is 10.5. The van der Waals surface area contributed by atoms with Crippen molar-refractivity contribution < 1.29 is 9.90 Å². The van der Waals surface area contributed by atoms with E-state index in [-0.39, 0.29) is 6.54 Å². The third-order valence-corrected chi connectivity index (χ3v) is 2.63. The van der Waals surface area contributed by atoms with Crippen LogP contribution in [0.3, 0.4) is 0 Å². The van der Waals surface area contributed by atoms with Crippen molar-refractivity contribution in [3.8, 4) is 0 Å². The number of hydrogen-bond donors (Lipinski definition) is 1. The Morgan fingerprint density at radius 2 is 2.18 bits per heavy atom. The SMILES string of the molecule is Cc1ccc2c(N(C)CC(=O)O)nccc2c1. The van der Waals surface area contributed by atoms with Crippen LogP contribution >= 0.6 is 0 Å². The van der Waals surface area contributed by atoms with Crippen molar-refractivity contribution in [3.63, 3.8) is 0 Å². The average Bonchev–Trinajstić information content (AvgIpc) is 2.26.